The molecule has 0 amide bonds. The minimum atomic E-state index is 0.493. The second kappa shape index (κ2) is 3.99. The van der Waals surface area contributed by atoms with E-state index in [0.717, 1.165) is 29.3 Å². The number of H-pyrrole nitrogens is 1. The van der Waals surface area contributed by atoms with Gasteiger partial charge in [-0.2, -0.15) is 5.10 Å². The van der Waals surface area contributed by atoms with Crippen LogP contribution in [0.2, 0.25) is 0 Å². The lowest BCUT2D eigenvalue weighted by atomic mass is 10.3. The average molecular weight is 248 g/mol. The van der Waals surface area contributed by atoms with Gasteiger partial charge in [-0.25, -0.2) is 15.0 Å². The van der Waals surface area contributed by atoms with E-state index in [0.29, 0.717) is 16.9 Å². The van der Waals surface area contributed by atoms with E-state index < -0.39 is 0 Å². The summed E-state index contributed by atoms with van der Waals surface area (Å²) < 4.78 is 0. The van der Waals surface area contributed by atoms with Crippen molar-refractivity contribution in [2.75, 3.05) is 5.73 Å². The number of nitrogens with zero attached hydrogens (tertiary/aromatic N) is 4. The summed E-state index contributed by atoms with van der Waals surface area (Å²) in [7, 11) is 0. The van der Waals surface area contributed by atoms with Crippen molar-refractivity contribution < 1.29 is 0 Å². The molecule has 0 aromatic carbocycles. The Balaban J connectivity index is 1.96. The van der Waals surface area contributed by atoms with Gasteiger partial charge < -0.3 is 5.73 Å². The van der Waals surface area contributed by atoms with Gasteiger partial charge in [0.1, 0.15) is 23.0 Å². The number of hydrogen-bond acceptors (Lipinski definition) is 6. The lowest BCUT2D eigenvalue weighted by molar-refractivity contribution is 0.864. The highest BCUT2D eigenvalue weighted by molar-refractivity contribution is 7.99. The number of nitrogens with two attached hydrogens (primary N) is 1. The lowest BCUT2D eigenvalue weighted by Crippen LogP contribution is -2.03. The van der Waals surface area contributed by atoms with Gasteiger partial charge in [0.15, 0.2) is 5.16 Å². The molecule has 0 unspecified atom stereocenters. The van der Waals surface area contributed by atoms with Crippen LogP contribution in [0, 0.1) is 6.92 Å². The SMILES string of the molecule is Cc1c(N)nc(C2CC2)nc1Sc1ncn[nH]1. The quantitative estimate of drug-likeness (QED) is 0.800. The van der Waals surface area contributed by atoms with Gasteiger partial charge in [0, 0.05) is 11.5 Å². The van der Waals surface area contributed by atoms with Crippen LogP contribution in [0.3, 0.4) is 0 Å². The van der Waals surface area contributed by atoms with Crippen molar-refractivity contribution in [1.82, 2.24) is 25.1 Å². The number of aromatic nitrogens is 5. The molecule has 0 spiro atoms. The van der Waals surface area contributed by atoms with Gasteiger partial charge in [-0.3, -0.25) is 5.10 Å². The molecule has 1 aliphatic carbocycles. The van der Waals surface area contributed by atoms with Gasteiger partial charge in [-0.05, 0) is 31.5 Å². The predicted octanol–water partition coefficient (Wildman–Crippen LogP) is 1.51. The Labute approximate surface area is 102 Å². The second-order valence-electron chi connectivity index (χ2n) is 4.06. The number of hydrogen-bond donors (Lipinski definition) is 2. The molecule has 2 heterocycles. The van der Waals surface area contributed by atoms with Crippen molar-refractivity contribution in [3.05, 3.63) is 17.7 Å². The normalized spacial score (nSPS) is 15.1. The van der Waals surface area contributed by atoms with Gasteiger partial charge >= 0.3 is 0 Å². The number of aromatic amines is 1. The molecule has 17 heavy (non-hydrogen) atoms. The third-order valence-electron chi connectivity index (χ3n) is 2.68. The Kier molecular flexibility index (Phi) is 2.47. The highest BCUT2D eigenvalue weighted by atomic mass is 32.2. The van der Waals surface area contributed by atoms with Crippen LogP contribution in [0.25, 0.3) is 0 Å². The molecule has 0 atom stereocenters. The highest BCUT2D eigenvalue weighted by Crippen LogP contribution is 2.40. The van der Waals surface area contributed by atoms with Gasteiger partial charge in [-0.1, -0.05) is 0 Å². The Hall–Kier alpha value is -1.63. The molecule has 7 heteroatoms. The van der Waals surface area contributed by atoms with Crippen LogP contribution < -0.4 is 5.73 Å². The topological polar surface area (TPSA) is 93.4 Å². The fraction of sp³-hybridized carbons (Fsp3) is 0.400. The first-order valence-electron chi connectivity index (χ1n) is 5.41. The van der Waals surface area contributed by atoms with E-state index in [1.165, 1.54) is 18.1 Å². The molecule has 2 aromatic rings. The number of nitrogen functional groups attached to an aromatic ring is 1. The fourth-order valence-electron chi connectivity index (χ4n) is 1.49. The maximum Gasteiger partial charge on any atom is 0.189 e. The van der Waals surface area contributed by atoms with E-state index in [1.807, 2.05) is 6.92 Å². The Morgan fingerprint density at radius 2 is 2.24 bits per heavy atom. The smallest absolute Gasteiger partial charge is 0.189 e. The van der Waals surface area contributed by atoms with Crippen LogP contribution in [0.5, 0.6) is 0 Å². The van der Waals surface area contributed by atoms with E-state index in [4.69, 9.17) is 5.73 Å². The van der Waals surface area contributed by atoms with Gasteiger partial charge in [0.25, 0.3) is 0 Å². The summed E-state index contributed by atoms with van der Waals surface area (Å²) in [5.74, 6) is 1.91. The van der Waals surface area contributed by atoms with Crippen molar-refractivity contribution in [2.45, 2.75) is 35.9 Å². The zero-order chi connectivity index (χ0) is 11.8. The van der Waals surface area contributed by atoms with Crippen molar-refractivity contribution in [2.24, 2.45) is 0 Å². The summed E-state index contributed by atoms with van der Waals surface area (Å²) >= 11 is 1.43. The Bertz CT molecular complexity index is 534. The van der Waals surface area contributed by atoms with Crippen LogP contribution in [0.4, 0.5) is 5.82 Å². The van der Waals surface area contributed by atoms with E-state index in [-0.39, 0.29) is 0 Å². The maximum absolute atomic E-state index is 5.91. The third kappa shape index (κ3) is 2.10. The molecular formula is C10H12N6S. The number of anilines is 1. The molecule has 0 aliphatic heterocycles. The summed E-state index contributed by atoms with van der Waals surface area (Å²) in [4.78, 5) is 13.0. The molecule has 1 aliphatic rings. The molecule has 1 fully saturated rings. The summed E-state index contributed by atoms with van der Waals surface area (Å²) in [6.07, 6.45) is 3.80. The van der Waals surface area contributed by atoms with Crippen LogP contribution in [-0.2, 0) is 0 Å². The molecule has 1 saturated carbocycles. The van der Waals surface area contributed by atoms with Crippen LogP contribution in [0.1, 0.15) is 30.1 Å². The Morgan fingerprint density at radius 3 is 2.88 bits per heavy atom. The summed E-state index contributed by atoms with van der Waals surface area (Å²) in [5.41, 5.74) is 6.80. The molecule has 6 nitrogen and oxygen atoms in total. The van der Waals surface area contributed by atoms with Gasteiger partial charge in [0.05, 0.1) is 0 Å². The zero-order valence-corrected chi connectivity index (χ0v) is 10.2. The zero-order valence-electron chi connectivity index (χ0n) is 9.34. The molecule has 2 aromatic heterocycles. The van der Waals surface area contributed by atoms with Crippen LogP contribution >= 0.6 is 11.8 Å². The predicted molar refractivity (Wildman–Crippen MR) is 63.7 cm³/mol. The summed E-state index contributed by atoms with van der Waals surface area (Å²) in [5, 5.41) is 8.18. The molecule has 88 valence electrons. The lowest BCUT2D eigenvalue weighted by Gasteiger charge is -2.07. The monoisotopic (exact) mass is 248 g/mol. The first-order valence-corrected chi connectivity index (χ1v) is 6.23. The van der Waals surface area contributed by atoms with E-state index >= 15 is 0 Å². The van der Waals surface area contributed by atoms with Crippen molar-refractivity contribution >= 4 is 17.6 Å². The summed E-state index contributed by atoms with van der Waals surface area (Å²) in [6, 6.07) is 0. The first-order chi connectivity index (χ1) is 8.24. The minimum absolute atomic E-state index is 0.493. The van der Waals surface area contributed by atoms with Crippen molar-refractivity contribution in [1.29, 1.82) is 0 Å². The van der Waals surface area contributed by atoms with Gasteiger partial charge in [-0.15, -0.1) is 0 Å². The van der Waals surface area contributed by atoms with Crippen molar-refractivity contribution in [3.8, 4) is 0 Å². The third-order valence-corrected chi connectivity index (χ3v) is 3.67. The fourth-order valence-corrected chi connectivity index (χ4v) is 2.27. The molecule has 0 bridgehead atoms. The number of rotatable bonds is 3. The van der Waals surface area contributed by atoms with E-state index in [2.05, 4.69) is 25.1 Å². The largest absolute Gasteiger partial charge is 0.383 e. The molecule has 3 N–H and O–H groups in total. The molecule has 3 rings (SSSR count). The average Bonchev–Trinajstić information content (AvgIpc) is 3.04. The molecular weight excluding hydrogens is 236 g/mol. The minimum Gasteiger partial charge on any atom is -0.383 e. The van der Waals surface area contributed by atoms with Gasteiger partial charge in [0.2, 0.25) is 0 Å². The maximum atomic E-state index is 5.91. The Morgan fingerprint density at radius 1 is 1.41 bits per heavy atom. The number of nitrogens with one attached hydrogen (secondary N) is 1. The summed E-state index contributed by atoms with van der Waals surface area (Å²) in [6.45, 7) is 1.92. The molecule has 0 saturated heterocycles. The van der Waals surface area contributed by atoms with Crippen LogP contribution in [0.15, 0.2) is 16.5 Å². The van der Waals surface area contributed by atoms with E-state index in [1.54, 1.807) is 0 Å². The highest BCUT2D eigenvalue weighted by Gasteiger charge is 2.28. The van der Waals surface area contributed by atoms with Crippen LogP contribution in [-0.4, -0.2) is 25.1 Å². The standard InChI is InChI=1S/C10H12N6S/c1-5-7(11)14-8(6-2-3-6)15-9(5)17-10-12-4-13-16-10/h4,6H,2-3H2,1H3,(H2,11,14,15)(H,12,13,16). The van der Waals surface area contributed by atoms with E-state index in [9.17, 15) is 0 Å². The van der Waals surface area contributed by atoms with Crippen molar-refractivity contribution in [3.63, 3.8) is 0 Å². The molecule has 0 radical (unpaired) electrons. The second-order valence-corrected chi connectivity index (χ2v) is 5.04. The first kappa shape index (κ1) is 10.5.